The second-order valence-corrected chi connectivity index (χ2v) is 5.61. The van der Waals surface area contributed by atoms with Gasteiger partial charge in [0.2, 0.25) is 5.91 Å². The second-order valence-electron chi connectivity index (χ2n) is 5.61. The Morgan fingerprint density at radius 2 is 2.13 bits per heavy atom. The fraction of sp³-hybridized carbons (Fsp3) is 0.389. The molecule has 1 aromatic carbocycles. The number of hydrogen-bond donors (Lipinski definition) is 1. The molecule has 1 amide bonds. The van der Waals surface area contributed by atoms with Gasteiger partial charge in [0.25, 0.3) is 0 Å². The number of carbonyl (C=O) groups is 1. The topological polar surface area (TPSA) is 60.7 Å². The summed E-state index contributed by atoms with van der Waals surface area (Å²) < 4.78 is 16.2. The van der Waals surface area contributed by atoms with Crippen molar-refractivity contribution in [2.75, 3.05) is 6.61 Å². The van der Waals surface area contributed by atoms with Gasteiger partial charge in [-0.15, -0.1) is 0 Å². The molecule has 0 saturated carbocycles. The predicted molar refractivity (Wildman–Crippen MR) is 84.5 cm³/mol. The first kappa shape index (κ1) is 15.8. The molecule has 0 spiro atoms. The van der Waals surface area contributed by atoms with Crippen LogP contribution in [0, 0.1) is 0 Å². The fourth-order valence-electron chi connectivity index (χ4n) is 2.58. The van der Waals surface area contributed by atoms with E-state index < -0.39 is 0 Å². The minimum atomic E-state index is -0.283. The minimum absolute atomic E-state index is 0.0260. The molecule has 1 fully saturated rings. The van der Waals surface area contributed by atoms with Crippen molar-refractivity contribution in [2.24, 2.45) is 0 Å². The molecule has 122 valence electrons. The number of carbonyl (C=O) groups excluding carboxylic acids is 1. The molecule has 1 aromatic heterocycles. The van der Waals surface area contributed by atoms with Crippen LogP contribution in [0.25, 0.3) is 0 Å². The first-order valence-corrected chi connectivity index (χ1v) is 7.88. The number of benzene rings is 1. The Morgan fingerprint density at radius 1 is 1.22 bits per heavy atom. The van der Waals surface area contributed by atoms with Gasteiger partial charge in [0.1, 0.15) is 18.5 Å². The summed E-state index contributed by atoms with van der Waals surface area (Å²) in [7, 11) is 0. The van der Waals surface area contributed by atoms with E-state index in [1.54, 1.807) is 6.26 Å². The van der Waals surface area contributed by atoms with Crippen molar-refractivity contribution in [2.45, 2.75) is 38.7 Å². The molecule has 0 aliphatic carbocycles. The third-order valence-electron chi connectivity index (χ3n) is 3.77. The van der Waals surface area contributed by atoms with Crippen LogP contribution in [0.2, 0.25) is 0 Å². The van der Waals surface area contributed by atoms with Crippen LogP contribution in [0.3, 0.4) is 0 Å². The third-order valence-corrected chi connectivity index (χ3v) is 3.77. The predicted octanol–water partition coefficient (Wildman–Crippen LogP) is 2.79. The molecule has 1 N–H and O–H groups in total. The number of nitrogens with one attached hydrogen (secondary N) is 1. The zero-order valence-electron chi connectivity index (χ0n) is 13.0. The van der Waals surface area contributed by atoms with E-state index in [-0.39, 0.29) is 12.0 Å². The number of rotatable bonds is 7. The molecule has 1 aliphatic rings. The van der Waals surface area contributed by atoms with Crippen molar-refractivity contribution >= 4 is 5.91 Å². The zero-order valence-corrected chi connectivity index (χ0v) is 13.0. The Kier molecular flexibility index (Phi) is 5.45. The Hall–Kier alpha value is -2.11. The first-order valence-electron chi connectivity index (χ1n) is 7.88. The second kappa shape index (κ2) is 7.94. The molecule has 5 nitrogen and oxygen atoms in total. The van der Waals surface area contributed by atoms with Crippen molar-refractivity contribution in [3.05, 3.63) is 59.5 Å². The molecule has 0 bridgehead atoms. The quantitative estimate of drug-likeness (QED) is 0.853. The molecule has 3 rings (SSSR count). The summed E-state index contributed by atoms with van der Waals surface area (Å²) >= 11 is 0. The van der Waals surface area contributed by atoms with E-state index in [9.17, 15) is 4.79 Å². The summed E-state index contributed by atoms with van der Waals surface area (Å²) in [4.78, 5) is 11.9. The van der Waals surface area contributed by atoms with E-state index in [1.807, 2.05) is 36.4 Å². The van der Waals surface area contributed by atoms with E-state index in [4.69, 9.17) is 13.9 Å². The number of amides is 1. The van der Waals surface area contributed by atoms with Gasteiger partial charge in [-0.05, 0) is 36.1 Å². The molecule has 0 unspecified atom stereocenters. The molecule has 1 atom stereocenters. The number of ether oxygens (including phenoxy) is 2. The summed E-state index contributed by atoms with van der Waals surface area (Å²) in [6.45, 7) is 2.15. The first-order chi connectivity index (χ1) is 11.3. The Labute approximate surface area is 135 Å². The normalized spacial score (nSPS) is 17.3. The van der Waals surface area contributed by atoms with Gasteiger partial charge in [-0.2, -0.15) is 0 Å². The highest BCUT2D eigenvalue weighted by Crippen LogP contribution is 2.13. The molecule has 1 aliphatic heterocycles. The lowest BCUT2D eigenvalue weighted by Gasteiger charge is -2.11. The Morgan fingerprint density at radius 3 is 2.91 bits per heavy atom. The Bertz CT molecular complexity index is 618. The minimum Gasteiger partial charge on any atom is -0.467 e. The van der Waals surface area contributed by atoms with E-state index >= 15 is 0 Å². The molecule has 23 heavy (non-hydrogen) atoms. The lowest BCUT2D eigenvalue weighted by atomic mass is 10.1. The van der Waals surface area contributed by atoms with Crippen molar-refractivity contribution in [3.8, 4) is 0 Å². The molecular formula is C18H21NO4. The van der Waals surface area contributed by atoms with Gasteiger partial charge in [0.05, 0.1) is 12.9 Å². The SMILES string of the molecule is O=C(NCc1cccc(COCc2ccco2)c1)[C@H]1CCCO1. The highest BCUT2D eigenvalue weighted by atomic mass is 16.5. The maximum atomic E-state index is 11.9. The highest BCUT2D eigenvalue weighted by molar-refractivity contribution is 5.80. The van der Waals surface area contributed by atoms with E-state index in [0.29, 0.717) is 26.4 Å². The monoisotopic (exact) mass is 315 g/mol. The number of furan rings is 1. The third kappa shape index (κ3) is 4.68. The summed E-state index contributed by atoms with van der Waals surface area (Å²) in [5, 5.41) is 2.93. The van der Waals surface area contributed by atoms with Gasteiger partial charge in [-0.1, -0.05) is 24.3 Å². The summed E-state index contributed by atoms with van der Waals surface area (Å²) in [6, 6.07) is 11.7. The van der Waals surface area contributed by atoms with Crippen LogP contribution in [-0.2, 0) is 34.0 Å². The lowest BCUT2D eigenvalue weighted by molar-refractivity contribution is -0.130. The molecular weight excluding hydrogens is 294 g/mol. The van der Waals surface area contributed by atoms with Crippen LogP contribution in [0.1, 0.15) is 29.7 Å². The van der Waals surface area contributed by atoms with Crippen LogP contribution in [0.5, 0.6) is 0 Å². The van der Waals surface area contributed by atoms with Crippen molar-refractivity contribution in [3.63, 3.8) is 0 Å². The molecule has 0 radical (unpaired) electrons. The largest absolute Gasteiger partial charge is 0.467 e. The maximum Gasteiger partial charge on any atom is 0.249 e. The van der Waals surface area contributed by atoms with Gasteiger partial charge in [-0.25, -0.2) is 0 Å². The molecule has 5 heteroatoms. The van der Waals surface area contributed by atoms with Crippen LogP contribution in [0.15, 0.2) is 47.1 Å². The average Bonchev–Trinajstić information content (AvgIpc) is 3.26. The maximum absolute atomic E-state index is 11.9. The van der Waals surface area contributed by atoms with Gasteiger partial charge >= 0.3 is 0 Å². The van der Waals surface area contributed by atoms with Crippen molar-refractivity contribution in [1.82, 2.24) is 5.32 Å². The standard InChI is InChI=1S/C18H21NO4/c20-18(17-7-3-9-23-17)19-11-14-4-1-5-15(10-14)12-21-13-16-6-2-8-22-16/h1-2,4-6,8,10,17H,3,7,9,11-13H2,(H,19,20)/t17-/m1/s1. The van der Waals surface area contributed by atoms with Crippen LogP contribution < -0.4 is 5.32 Å². The lowest BCUT2D eigenvalue weighted by Crippen LogP contribution is -2.33. The number of hydrogen-bond acceptors (Lipinski definition) is 4. The van der Waals surface area contributed by atoms with E-state index in [2.05, 4.69) is 5.32 Å². The van der Waals surface area contributed by atoms with Crippen molar-refractivity contribution in [1.29, 1.82) is 0 Å². The highest BCUT2D eigenvalue weighted by Gasteiger charge is 2.22. The van der Waals surface area contributed by atoms with E-state index in [0.717, 1.165) is 29.7 Å². The van der Waals surface area contributed by atoms with Gasteiger partial charge in [0.15, 0.2) is 0 Å². The molecule has 2 heterocycles. The zero-order chi connectivity index (χ0) is 15.9. The van der Waals surface area contributed by atoms with E-state index in [1.165, 1.54) is 0 Å². The summed E-state index contributed by atoms with van der Waals surface area (Å²) in [5.74, 6) is 0.784. The fourth-order valence-corrected chi connectivity index (χ4v) is 2.58. The van der Waals surface area contributed by atoms with Gasteiger partial charge < -0.3 is 19.2 Å². The van der Waals surface area contributed by atoms with Crippen LogP contribution in [-0.4, -0.2) is 18.6 Å². The Balaban J connectivity index is 1.45. The van der Waals surface area contributed by atoms with Crippen LogP contribution in [0.4, 0.5) is 0 Å². The summed E-state index contributed by atoms with van der Waals surface area (Å²) in [6.07, 6.45) is 3.12. The van der Waals surface area contributed by atoms with Gasteiger partial charge in [0, 0.05) is 13.2 Å². The molecule has 2 aromatic rings. The van der Waals surface area contributed by atoms with Gasteiger partial charge in [-0.3, -0.25) is 4.79 Å². The summed E-state index contributed by atoms with van der Waals surface area (Å²) in [5.41, 5.74) is 2.12. The van der Waals surface area contributed by atoms with Crippen molar-refractivity contribution < 1.29 is 18.7 Å². The van der Waals surface area contributed by atoms with Crippen LogP contribution >= 0.6 is 0 Å². The molecule has 1 saturated heterocycles. The average molecular weight is 315 g/mol. The smallest absolute Gasteiger partial charge is 0.249 e.